The minimum Gasteiger partial charge on any atom is -0.0637 e. The van der Waals surface area contributed by atoms with Crippen molar-refractivity contribution in [3.8, 4) is 11.8 Å². The Balaban J connectivity index is 2.39. The van der Waals surface area contributed by atoms with E-state index in [1.807, 2.05) is 12.2 Å². The highest BCUT2D eigenvalue weighted by atomic mass is 14.0. The molecule has 0 aromatic rings. The minimum atomic E-state index is 0.316. The molecule has 0 nitrogen and oxygen atoms in total. The van der Waals surface area contributed by atoms with Crippen LogP contribution in [0.5, 0.6) is 0 Å². The number of allylic oxidation sites excluding steroid dienone is 5. The third kappa shape index (κ3) is 1.87. The summed E-state index contributed by atoms with van der Waals surface area (Å²) in [6.45, 7) is 3.53. The molecule has 0 atom stereocenters. The van der Waals surface area contributed by atoms with Gasteiger partial charge in [-0.05, 0) is 6.58 Å². The zero-order valence-electron chi connectivity index (χ0n) is 5.75. The monoisotopic (exact) mass is 129 g/mol. The van der Waals surface area contributed by atoms with E-state index in [4.69, 9.17) is 0 Å². The highest BCUT2D eigenvalue weighted by Crippen LogP contribution is 2.06. The van der Waals surface area contributed by atoms with Gasteiger partial charge in [-0.2, -0.15) is 0 Å². The van der Waals surface area contributed by atoms with Gasteiger partial charge in [-0.3, -0.25) is 0 Å². The smallest absolute Gasteiger partial charge is 0.0637 e. The lowest BCUT2D eigenvalue weighted by Crippen LogP contribution is -1.80. The van der Waals surface area contributed by atoms with E-state index in [2.05, 4.69) is 30.6 Å². The summed E-state index contributed by atoms with van der Waals surface area (Å²) in [7, 11) is 0. The molecule has 0 heteroatoms. The van der Waals surface area contributed by atoms with Crippen molar-refractivity contribution in [2.24, 2.45) is 5.92 Å². The summed E-state index contributed by atoms with van der Waals surface area (Å²) >= 11 is 0. The van der Waals surface area contributed by atoms with Crippen molar-refractivity contribution in [2.75, 3.05) is 0 Å². The van der Waals surface area contributed by atoms with Crippen LogP contribution in [0.25, 0.3) is 0 Å². The second-order valence-corrected chi connectivity index (χ2v) is 1.99. The fraction of sp³-hybridized carbons (Fsp3) is 0.100. The lowest BCUT2D eigenvalue weighted by molar-refractivity contribution is 1.15. The molecular formula is C10H9+. The maximum absolute atomic E-state index is 3.53. The molecule has 0 spiro atoms. The van der Waals surface area contributed by atoms with Crippen LogP contribution in [-0.2, 0) is 0 Å². The fourth-order valence-corrected chi connectivity index (χ4v) is 0.731. The molecule has 0 saturated carbocycles. The molecule has 0 radical (unpaired) electrons. The largest absolute Gasteiger partial charge is 0.114 e. The molecular weight excluding hydrogens is 120 g/mol. The first kappa shape index (κ1) is 6.77. The minimum absolute atomic E-state index is 0.316. The average molecular weight is 129 g/mol. The van der Waals surface area contributed by atoms with E-state index < -0.39 is 0 Å². The first-order valence-corrected chi connectivity index (χ1v) is 3.24. The first-order chi connectivity index (χ1) is 4.93. The van der Waals surface area contributed by atoms with Crippen molar-refractivity contribution in [1.82, 2.24) is 0 Å². The van der Waals surface area contributed by atoms with Gasteiger partial charge >= 0.3 is 0 Å². The summed E-state index contributed by atoms with van der Waals surface area (Å²) in [5, 5.41) is 0. The number of hydrogen-bond acceptors (Lipinski definition) is 0. The molecule has 0 aliphatic heterocycles. The van der Waals surface area contributed by atoms with Crippen LogP contribution in [-0.4, -0.2) is 0 Å². The summed E-state index contributed by atoms with van der Waals surface area (Å²) in [5.74, 6) is 6.23. The summed E-state index contributed by atoms with van der Waals surface area (Å²) in [5.41, 5.74) is 0. The molecule has 10 heavy (non-hydrogen) atoms. The van der Waals surface area contributed by atoms with Crippen LogP contribution in [0, 0.1) is 24.2 Å². The standard InChI is InChI=1S/C10H9/c1-2-3-4-7-10-8-5-6-9-10/h2-3,5-6,8-10H,1H2/q+1. The third-order valence-corrected chi connectivity index (χ3v) is 1.20. The lowest BCUT2D eigenvalue weighted by Gasteiger charge is -1.80. The first-order valence-electron chi connectivity index (χ1n) is 3.24. The summed E-state index contributed by atoms with van der Waals surface area (Å²) < 4.78 is 0. The van der Waals surface area contributed by atoms with Crippen LogP contribution in [0.15, 0.2) is 37.0 Å². The highest BCUT2D eigenvalue weighted by Gasteiger charge is 2.00. The maximum Gasteiger partial charge on any atom is 0.114 e. The van der Waals surface area contributed by atoms with E-state index in [-0.39, 0.29) is 0 Å². The van der Waals surface area contributed by atoms with Crippen LogP contribution in [0.2, 0.25) is 0 Å². The van der Waals surface area contributed by atoms with Crippen molar-refractivity contribution in [3.63, 3.8) is 0 Å². The van der Waals surface area contributed by atoms with Gasteiger partial charge in [0.05, 0.1) is 18.3 Å². The van der Waals surface area contributed by atoms with Crippen molar-refractivity contribution >= 4 is 0 Å². The van der Waals surface area contributed by atoms with Gasteiger partial charge in [0, 0.05) is 6.08 Å². The molecule has 1 aliphatic carbocycles. The van der Waals surface area contributed by atoms with Gasteiger partial charge in [0.2, 0.25) is 0 Å². The van der Waals surface area contributed by atoms with Crippen molar-refractivity contribution < 1.29 is 0 Å². The van der Waals surface area contributed by atoms with Crippen LogP contribution in [0.4, 0.5) is 0 Å². The molecule has 0 fully saturated rings. The molecule has 1 rings (SSSR count). The lowest BCUT2D eigenvalue weighted by atomic mass is 10.2. The molecule has 0 heterocycles. The average Bonchev–Trinajstić information content (AvgIpc) is 2.41. The van der Waals surface area contributed by atoms with Crippen molar-refractivity contribution in [2.45, 2.75) is 0 Å². The highest BCUT2D eigenvalue weighted by molar-refractivity contribution is 5.30. The zero-order valence-corrected chi connectivity index (χ0v) is 5.75. The van der Waals surface area contributed by atoms with Crippen LogP contribution < -0.4 is 0 Å². The van der Waals surface area contributed by atoms with E-state index >= 15 is 0 Å². The molecule has 0 unspecified atom stereocenters. The maximum atomic E-state index is 3.53. The quantitative estimate of drug-likeness (QED) is 0.376. The molecule has 0 N–H and O–H groups in total. The van der Waals surface area contributed by atoms with E-state index in [9.17, 15) is 0 Å². The predicted molar refractivity (Wildman–Crippen MR) is 44.0 cm³/mol. The second-order valence-electron chi connectivity index (χ2n) is 1.99. The molecule has 0 aromatic carbocycles. The Bertz CT molecular complexity index is 208. The Hall–Kier alpha value is -1.35. The Labute approximate surface area is 61.9 Å². The molecule has 0 aromatic heterocycles. The van der Waals surface area contributed by atoms with Crippen LogP contribution in [0.3, 0.4) is 0 Å². The van der Waals surface area contributed by atoms with Crippen LogP contribution in [0.1, 0.15) is 0 Å². The normalized spacial score (nSPS) is 14.4. The Morgan fingerprint density at radius 2 is 2.10 bits per heavy atom. The topological polar surface area (TPSA) is 0 Å². The van der Waals surface area contributed by atoms with Crippen molar-refractivity contribution in [1.29, 1.82) is 0 Å². The number of hydrogen-bond donors (Lipinski definition) is 0. The van der Waals surface area contributed by atoms with Gasteiger partial charge in [-0.25, -0.2) is 0 Å². The SMILES string of the molecule is C=C[CH+]C#CC1C=CC=C1. The van der Waals surface area contributed by atoms with E-state index in [0.29, 0.717) is 5.92 Å². The number of rotatable bonds is 1. The molecule has 0 amide bonds. The summed E-state index contributed by atoms with van der Waals surface area (Å²) in [6.07, 6.45) is 11.6. The van der Waals surface area contributed by atoms with Gasteiger partial charge < -0.3 is 0 Å². The van der Waals surface area contributed by atoms with Gasteiger partial charge in [0.15, 0.2) is 0 Å². The molecule has 0 saturated heterocycles. The third-order valence-electron chi connectivity index (χ3n) is 1.20. The van der Waals surface area contributed by atoms with Crippen molar-refractivity contribution in [3.05, 3.63) is 43.4 Å². The summed E-state index contributed by atoms with van der Waals surface area (Å²) in [6, 6.07) is 0. The van der Waals surface area contributed by atoms with Gasteiger partial charge in [-0.1, -0.05) is 24.3 Å². The summed E-state index contributed by atoms with van der Waals surface area (Å²) in [4.78, 5) is 0. The molecule has 0 bridgehead atoms. The van der Waals surface area contributed by atoms with Gasteiger partial charge in [0.25, 0.3) is 0 Å². The zero-order chi connectivity index (χ0) is 7.23. The Morgan fingerprint density at radius 1 is 1.40 bits per heavy atom. The fourth-order valence-electron chi connectivity index (χ4n) is 0.731. The molecule has 1 aliphatic rings. The van der Waals surface area contributed by atoms with E-state index in [1.54, 1.807) is 12.5 Å². The Kier molecular flexibility index (Phi) is 2.46. The van der Waals surface area contributed by atoms with Gasteiger partial charge in [0.1, 0.15) is 5.92 Å². The molecule has 48 valence electrons. The van der Waals surface area contributed by atoms with E-state index in [1.165, 1.54) is 0 Å². The van der Waals surface area contributed by atoms with Gasteiger partial charge in [-0.15, -0.1) is 0 Å². The predicted octanol–water partition coefficient (Wildman–Crippen LogP) is 2.12. The van der Waals surface area contributed by atoms with Crippen LogP contribution >= 0.6 is 0 Å². The van der Waals surface area contributed by atoms with E-state index in [0.717, 1.165) is 0 Å². The Morgan fingerprint density at radius 3 is 2.70 bits per heavy atom. The second kappa shape index (κ2) is 3.63.